The topological polar surface area (TPSA) is 82.7 Å². The monoisotopic (exact) mass is 366 g/mol. The Kier molecular flexibility index (Phi) is 9.90. The molecule has 0 saturated heterocycles. The third kappa shape index (κ3) is 9.19. The lowest BCUT2D eigenvalue weighted by atomic mass is 10.3. The predicted octanol–water partition coefficient (Wildman–Crippen LogP) is 4.00. The van der Waals surface area contributed by atoms with Crippen molar-refractivity contribution in [3.05, 3.63) is 88.8 Å². The van der Waals surface area contributed by atoms with Gasteiger partial charge in [0.05, 0.1) is 18.0 Å². The van der Waals surface area contributed by atoms with Crippen molar-refractivity contribution >= 4 is 0 Å². The summed E-state index contributed by atoms with van der Waals surface area (Å²) >= 11 is 0. The minimum Gasteiger partial charge on any atom is -0.390 e. The van der Waals surface area contributed by atoms with Gasteiger partial charge in [-0.1, -0.05) is 18.2 Å². The molecule has 6 heteroatoms. The molecule has 0 saturated carbocycles. The molecule has 0 radical (unpaired) electrons. The average molecular weight is 366 g/mol. The van der Waals surface area contributed by atoms with Crippen LogP contribution in [-0.2, 0) is 13.3 Å². The van der Waals surface area contributed by atoms with E-state index in [-0.39, 0.29) is 6.61 Å². The Balaban J connectivity index is 0.000000202. The first-order chi connectivity index (χ1) is 13.0. The Morgan fingerprint density at radius 2 is 1.30 bits per heavy atom. The van der Waals surface area contributed by atoms with Gasteiger partial charge in [-0.05, 0) is 57.2 Å². The van der Waals surface area contributed by atoms with Crippen molar-refractivity contribution in [3.8, 4) is 6.07 Å². The third-order valence-corrected chi connectivity index (χ3v) is 3.19. The summed E-state index contributed by atoms with van der Waals surface area (Å²) in [5.74, 6) is 0. The second-order valence-corrected chi connectivity index (χ2v) is 5.61. The van der Waals surface area contributed by atoms with Crippen LogP contribution in [0.2, 0.25) is 0 Å². The first-order valence-electron chi connectivity index (χ1n) is 8.34. The maximum absolute atomic E-state index is 11.8. The van der Waals surface area contributed by atoms with Crippen molar-refractivity contribution in [1.29, 1.82) is 5.26 Å². The van der Waals surface area contributed by atoms with Crippen LogP contribution in [0.25, 0.3) is 0 Å². The normalized spacial score (nSPS) is 9.19. The van der Waals surface area contributed by atoms with Gasteiger partial charge in [0.2, 0.25) is 0 Å². The molecule has 0 fully saturated rings. The number of alkyl halides is 1. The van der Waals surface area contributed by atoms with Crippen LogP contribution >= 0.6 is 0 Å². The van der Waals surface area contributed by atoms with Crippen molar-refractivity contribution in [2.75, 3.05) is 0 Å². The van der Waals surface area contributed by atoms with Gasteiger partial charge >= 0.3 is 0 Å². The van der Waals surface area contributed by atoms with Crippen molar-refractivity contribution in [2.45, 2.75) is 34.1 Å². The van der Waals surface area contributed by atoms with Crippen molar-refractivity contribution in [1.82, 2.24) is 15.0 Å². The summed E-state index contributed by atoms with van der Waals surface area (Å²) in [6.45, 7) is 5.17. The highest BCUT2D eigenvalue weighted by atomic mass is 19.1. The van der Waals surface area contributed by atoms with Crippen molar-refractivity contribution < 1.29 is 9.50 Å². The smallest absolute Gasteiger partial charge is 0.140 e. The zero-order valence-electron chi connectivity index (χ0n) is 15.7. The van der Waals surface area contributed by atoms with Crippen molar-refractivity contribution in [3.63, 3.8) is 0 Å². The Morgan fingerprint density at radius 3 is 1.63 bits per heavy atom. The number of pyridine rings is 3. The molecular weight excluding hydrogens is 343 g/mol. The highest BCUT2D eigenvalue weighted by Crippen LogP contribution is 1.98. The maximum Gasteiger partial charge on any atom is 0.140 e. The highest BCUT2D eigenvalue weighted by Gasteiger charge is 1.90. The molecule has 5 nitrogen and oxygen atoms in total. The molecule has 0 aromatic carbocycles. The van der Waals surface area contributed by atoms with Crippen LogP contribution in [0, 0.1) is 32.1 Å². The van der Waals surface area contributed by atoms with E-state index in [0.717, 1.165) is 22.8 Å². The van der Waals surface area contributed by atoms with Crippen LogP contribution in [0.3, 0.4) is 0 Å². The van der Waals surface area contributed by atoms with E-state index in [1.165, 1.54) is 0 Å². The Bertz CT molecular complexity index is 832. The summed E-state index contributed by atoms with van der Waals surface area (Å²) in [6.07, 6.45) is 0. The molecular formula is C21H23FN4O. The number of hydrogen-bond acceptors (Lipinski definition) is 5. The Hall–Kier alpha value is -3.17. The van der Waals surface area contributed by atoms with Gasteiger partial charge in [0.1, 0.15) is 18.4 Å². The summed E-state index contributed by atoms with van der Waals surface area (Å²) in [6, 6.07) is 18.2. The van der Waals surface area contributed by atoms with Crippen LogP contribution in [0.5, 0.6) is 0 Å². The van der Waals surface area contributed by atoms with E-state index in [4.69, 9.17) is 10.4 Å². The van der Waals surface area contributed by atoms with E-state index < -0.39 is 6.67 Å². The van der Waals surface area contributed by atoms with Gasteiger partial charge in [0, 0.05) is 17.1 Å². The predicted molar refractivity (Wildman–Crippen MR) is 102 cm³/mol. The second-order valence-electron chi connectivity index (χ2n) is 5.61. The summed E-state index contributed by atoms with van der Waals surface area (Å²) in [5, 5.41) is 16.9. The van der Waals surface area contributed by atoms with Gasteiger partial charge in [-0.3, -0.25) is 9.97 Å². The Labute approximate surface area is 159 Å². The largest absolute Gasteiger partial charge is 0.390 e. The average Bonchev–Trinajstić information content (AvgIpc) is 2.69. The third-order valence-electron chi connectivity index (χ3n) is 3.19. The van der Waals surface area contributed by atoms with Gasteiger partial charge < -0.3 is 5.11 Å². The minimum atomic E-state index is -0.471. The molecule has 0 aliphatic carbocycles. The number of halogens is 1. The van der Waals surface area contributed by atoms with E-state index in [1.54, 1.807) is 24.3 Å². The summed E-state index contributed by atoms with van der Waals surface area (Å²) in [4.78, 5) is 11.9. The summed E-state index contributed by atoms with van der Waals surface area (Å²) in [7, 11) is 0. The first kappa shape index (κ1) is 21.9. The summed E-state index contributed by atoms with van der Waals surface area (Å²) in [5.41, 5.74) is 4.42. The zero-order valence-corrected chi connectivity index (χ0v) is 15.7. The van der Waals surface area contributed by atoms with Crippen LogP contribution < -0.4 is 0 Å². The van der Waals surface area contributed by atoms with Crippen LogP contribution in [0.4, 0.5) is 4.39 Å². The van der Waals surface area contributed by atoms with E-state index in [0.29, 0.717) is 11.4 Å². The number of nitriles is 1. The number of aliphatic hydroxyl groups is 1. The molecule has 0 bridgehead atoms. The second kappa shape index (κ2) is 12.2. The molecule has 1 N–H and O–H groups in total. The quantitative estimate of drug-likeness (QED) is 0.741. The fourth-order valence-corrected chi connectivity index (χ4v) is 1.97. The molecule has 3 heterocycles. The van der Waals surface area contributed by atoms with E-state index in [9.17, 15) is 4.39 Å². The molecule has 27 heavy (non-hydrogen) atoms. The van der Waals surface area contributed by atoms with E-state index in [2.05, 4.69) is 15.0 Å². The first-order valence-corrected chi connectivity index (χ1v) is 8.34. The lowest BCUT2D eigenvalue weighted by molar-refractivity contribution is 0.276. The molecule has 3 aromatic rings. The highest BCUT2D eigenvalue weighted by molar-refractivity contribution is 5.21. The number of aromatic nitrogens is 3. The fourth-order valence-electron chi connectivity index (χ4n) is 1.97. The molecule has 3 aromatic heterocycles. The van der Waals surface area contributed by atoms with Crippen LogP contribution in [0.15, 0.2) is 54.6 Å². The maximum atomic E-state index is 11.8. The number of rotatable bonds is 2. The van der Waals surface area contributed by atoms with Gasteiger partial charge in [0.25, 0.3) is 0 Å². The molecule has 0 atom stereocenters. The number of aryl methyl sites for hydroxylation is 3. The minimum absolute atomic E-state index is 0.0294. The molecule has 0 spiro atoms. The summed E-state index contributed by atoms with van der Waals surface area (Å²) < 4.78 is 11.8. The van der Waals surface area contributed by atoms with Gasteiger partial charge in [-0.2, -0.15) is 5.26 Å². The van der Waals surface area contributed by atoms with E-state index in [1.807, 2.05) is 57.2 Å². The molecule has 0 aliphatic heterocycles. The molecule has 0 unspecified atom stereocenters. The Morgan fingerprint density at radius 1 is 0.815 bits per heavy atom. The fraction of sp³-hybridized carbons (Fsp3) is 0.238. The standard InChI is InChI=1S/C7H8FN.C7H6N2.C7H9NO/c2*1-6-3-2-4-7(5-8)9-6;1-6-3-2-4-7(5-9)8-6/h2-4H,5H2,1H3;2-4H,1H3;2-4,9H,5H2,1H3. The van der Waals surface area contributed by atoms with Gasteiger partial charge in [-0.25, -0.2) is 9.37 Å². The molecule has 0 aliphatic rings. The molecule has 0 amide bonds. The number of hydrogen-bond donors (Lipinski definition) is 1. The van der Waals surface area contributed by atoms with E-state index >= 15 is 0 Å². The van der Waals surface area contributed by atoms with Gasteiger partial charge in [0.15, 0.2) is 0 Å². The number of aliphatic hydroxyl groups excluding tert-OH is 1. The SMILES string of the molecule is Cc1cccc(C#N)n1.Cc1cccc(CF)n1.Cc1cccc(CO)n1. The van der Waals surface area contributed by atoms with Crippen molar-refractivity contribution in [2.24, 2.45) is 0 Å². The lowest BCUT2D eigenvalue weighted by Crippen LogP contribution is -1.89. The lowest BCUT2D eigenvalue weighted by Gasteiger charge is -1.93. The molecule has 140 valence electrons. The van der Waals surface area contributed by atoms with Gasteiger partial charge in [-0.15, -0.1) is 0 Å². The number of nitrogens with zero attached hydrogens (tertiary/aromatic N) is 4. The molecule has 3 rings (SSSR count). The van der Waals surface area contributed by atoms with Crippen LogP contribution in [-0.4, -0.2) is 20.1 Å². The van der Waals surface area contributed by atoms with Crippen LogP contribution in [0.1, 0.15) is 34.2 Å². The zero-order chi connectivity index (χ0) is 20.1.